The molecule has 0 bridgehead atoms. The standard InChI is InChI=1S/C20H29NO3S/c1-15(2)25-18-8-6-16(7-9-18)12-19(22)21-13-17-14-23-20(24-17)10-4-3-5-11-20/h6-9,15,17H,3-5,10-14H2,1-2H3,(H,21,22). The highest BCUT2D eigenvalue weighted by atomic mass is 32.2. The Kier molecular flexibility index (Phi) is 6.42. The molecule has 0 aromatic heterocycles. The summed E-state index contributed by atoms with van der Waals surface area (Å²) in [4.78, 5) is 13.4. The topological polar surface area (TPSA) is 47.6 Å². The predicted molar refractivity (Wildman–Crippen MR) is 101 cm³/mol. The van der Waals surface area contributed by atoms with Gasteiger partial charge in [0.1, 0.15) is 6.10 Å². The van der Waals surface area contributed by atoms with Crippen molar-refractivity contribution >= 4 is 17.7 Å². The second-order valence-electron chi connectivity index (χ2n) is 7.31. The number of thioether (sulfide) groups is 1. The van der Waals surface area contributed by atoms with Gasteiger partial charge in [-0.05, 0) is 30.5 Å². The van der Waals surface area contributed by atoms with Crippen LogP contribution in [0.4, 0.5) is 0 Å². The molecule has 0 radical (unpaired) electrons. The quantitative estimate of drug-likeness (QED) is 0.778. The number of rotatable bonds is 6. The zero-order valence-electron chi connectivity index (χ0n) is 15.3. The van der Waals surface area contributed by atoms with Crippen LogP contribution in [0.1, 0.15) is 51.5 Å². The van der Waals surface area contributed by atoms with Crippen LogP contribution in [-0.4, -0.2) is 36.2 Å². The Morgan fingerprint density at radius 2 is 1.96 bits per heavy atom. The summed E-state index contributed by atoms with van der Waals surface area (Å²) < 4.78 is 12.0. The van der Waals surface area contributed by atoms with Gasteiger partial charge >= 0.3 is 0 Å². The Bertz CT molecular complexity index is 567. The molecule has 1 aromatic rings. The maximum Gasteiger partial charge on any atom is 0.224 e. The molecule has 1 aromatic carbocycles. The monoisotopic (exact) mass is 363 g/mol. The average molecular weight is 364 g/mol. The number of nitrogens with one attached hydrogen (secondary N) is 1. The van der Waals surface area contributed by atoms with E-state index in [-0.39, 0.29) is 17.8 Å². The lowest BCUT2D eigenvalue weighted by atomic mass is 9.94. The average Bonchev–Trinajstić information content (AvgIpc) is 2.97. The van der Waals surface area contributed by atoms with Crippen LogP contribution < -0.4 is 5.32 Å². The third-order valence-corrected chi connectivity index (χ3v) is 5.73. The first kappa shape index (κ1) is 18.7. The van der Waals surface area contributed by atoms with Gasteiger partial charge in [0.05, 0.1) is 13.0 Å². The minimum Gasteiger partial charge on any atom is -0.353 e. The number of ether oxygens (including phenoxy) is 2. The molecule has 4 nitrogen and oxygen atoms in total. The van der Waals surface area contributed by atoms with Crippen molar-refractivity contribution in [2.75, 3.05) is 13.2 Å². The summed E-state index contributed by atoms with van der Waals surface area (Å²) in [5, 5.41) is 3.56. The van der Waals surface area contributed by atoms with Crippen LogP contribution in [0.25, 0.3) is 0 Å². The highest BCUT2D eigenvalue weighted by molar-refractivity contribution is 7.99. The predicted octanol–water partition coefficient (Wildman–Crippen LogP) is 3.92. The fraction of sp³-hybridized carbons (Fsp3) is 0.650. The van der Waals surface area contributed by atoms with Gasteiger partial charge in [-0.15, -0.1) is 11.8 Å². The Morgan fingerprint density at radius 3 is 2.64 bits per heavy atom. The van der Waals surface area contributed by atoms with E-state index in [1.165, 1.54) is 24.2 Å². The first-order valence-corrected chi connectivity index (χ1v) is 10.3. The number of carbonyl (C=O) groups is 1. The van der Waals surface area contributed by atoms with Crippen LogP contribution in [0.3, 0.4) is 0 Å². The van der Waals surface area contributed by atoms with E-state index >= 15 is 0 Å². The van der Waals surface area contributed by atoms with Gasteiger partial charge in [0.2, 0.25) is 5.91 Å². The molecule has 138 valence electrons. The van der Waals surface area contributed by atoms with Gasteiger partial charge in [-0.2, -0.15) is 0 Å². The molecule has 1 amide bonds. The van der Waals surface area contributed by atoms with Crippen LogP contribution in [0.15, 0.2) is 29.2 Å². The second kappa shape index (κ2) is 8.56. The molecule has 1 atom stereocenters. The molecule has 2 fully saturated rings. The molecule has 1 aliphatic carbocycles. The van der Waals surface area contributed by atoms with E-state index in [0.717, 1.165) is 18.4 Å². The molecule has 3 rings (SSSR count). The summed E-state index contributed by atoms with van der Waals surface area (Å²) >= 11 is 1.83. The van der Waals surface area contributed by atoms with Crippen molar-refractivity contribution in [3.63, 3.8) is 0 Å². The molecule has 5 heteroatoms. The molecule has 2 aliphatic rings. The summed E-state index contributed by atoms with van der Waals surface area (Å²) in [7, 11) is 0. The van der Waals surface area contributed by atoms with Gasteiger partial charge in [-0.1, -0.05) is 32.4 Å². The normalized spacial score (nSPS) is 22.4. The summed E-state index contributed by atoms with van der Waals surface area (Å²) in [5.41, 5.74) is 1.04. The molecule has 1 spiro atoms. The maximum absolute atomic E-state index is 12.2. The summed E-state index contributed by atoms with van der Waals surface area (Å²) in [6.07, 6.45) is 5.97. The summed E-state index contributed by atoms with van der Waals surface area (Å²) in [5.74, 6) is -0.324. The third kappa shape index (κ3) is 5.47. The lowest BCUT2D eigenvalue weighted by Gasteiger charge is -2.31. The first-order chi connectivity index (χ1) is 12.0. The largest absolute Gasteiger partial charge is 0.353 e. The molecule has 1 saturated heterocycles. The van der Waals surface area contributed by atoms with E-state index in [4.69, 9.17) is 9.47 Å². The fourth-order valence-electron chi connectivity index (χ4n) is 3.50. The molecule has 1 unspecified atom stereocenters. The molecule has 25 heavy (non-hydrogen) atoms. The number of carbonyl (C=O) groups excluding carboxylic acids is 1. The van der Waals surface area contributed by atoms with Gasteiger partial charge < -0.3 is 14.8 Å². The number of hydrogen-bond donors (Lipinski definition) is 1. The lowest BCUT2D eigenvalue weighted by Crippen LogP contribution is -2.37. The number of hydrogen-bond acceptors (Lipinski definition) is 4. The van der Waals surface area contributed by atoms with Crippen LogP contribution in [0, 0.1) is 0 Å². The van der Waals surface area contributed by atoms with Crippen molar-refractivity contribution in [2.24, 2.45) is 0 Å². The summed E-state index contributed by atoms with van der Waals surface area (Å²) in [6, 6.07) is 8.26. The number of amides is 1. The van der Waals surface area contributed by atoms with Gasteiger partial charge in [-0.3, -0.25) is 4.79 Å². The van der Waals surface area contributed by atoms with E-state index in [0.29, 0.717) is 24.8 Å². The van der Waals surface area contributed by atoms with Crippen molar-refractivity contribution in [1.82, 2.24) is 5.32 Å². The van der Waals surface area contributed by atoms with Crippen molar-refractivity contribution in [3.8, 4) is 0 Å². The minimum atomic E-state index is -0.364. The molecule has 1 heterocycles. The number of benzene rings is 1. The van der Waals surface area contributed by atoms with Gasteiger partial charge in [0.25, 0.3) is 0 Å². The van der Waals surface area contributed by atoms with Gasteiger partial charge in [0.15, 0.2) is 5.79 Å². The highest BCUT2D eigenvalue weighted by Crippen LogP contribution is 2.37. The lowest BCUT2D eigenvalue weighted by molar-refractivity contribution is -0.186. The fourth-order valence-corrected chi connectivity index (χ4v) is 4.34. The van der Waals surface area contributed by atoms with Crippen LogP contribution >= 0.6 is 11.8 Å². The molecule has 1 aliphatic heterocycles. The molecule has 1 N–H and O–H groups in total. The maximum atomic E-state index is 12.2. The summed E-state index contributed by atoms with van der Waals surface area (Å²) in [6.45, 7) is 5.47. The zero-order chi connectivity index (χ0) is 17.7. The van der Waals surface area contributed by atoms with Crippen molar-refractivity contribution in [2.45, 2.75) is 74.4 Å². The Morgan fingerprint density at radius 1 is 1.24 bits per heavy atom. The van der Waals surface area contributed by atoms with E-state index < -0.39 is 0 Å². The first-order valence-electron chi connectivity index (χ1n) is 9.39. The molecular formula is C20H29NO3S. The van der Waals surface area contributed by atoms with Crippen molar-refractivity contribution in [3.05, 3.63) is 29.8 Å². The smallest absolute Gasteiger partial charge is 0.224 e. The minimum absolute atomic E-state index is 0.0214. The third-order valence-electron chi connectivity index (χ3n) is 4.72. The molecule has 1 saturated carbocycles. The SMILES string of the molecule is CC(C)Sc1ccc(CC(=O)NCC2COC3(CCCCC3)O2)cc1. The van der Waals surface area contributed by atoms with E-state index in [1.807, 2.05) is 23.9 Å². The van der Waals surface area contributed by atoms with E-state index in [2.05, 4.69) is 31.3 Å². The molecular weight excluding hydrogens is 334 g/mol. The van der Waals surface area contributed by atoms with E-state index in [1.54, 1.807) is 0 Å². The second-order valence-corrected chi connectivity index (χ2v) is 8.96. The van der Waals surface area contributed by atoms with Crippen molar-refractivity contribution in [1.29, 1.82) is 0 Å². The Hall–Kier alpha value is -1.04. The van der Waals surface area contributed by atoms with Gasteiger partial charge in [-0.25, -0.2) is 0 Å². The Labute approximate surface area is 155 Å². The van der Waals surface area contributed by atoms with Crippen LogP contribution in [0.5, 0.6) is 0 Å². The zero-order valence-corrected chi connectivity index (χ0v) is 16.1. The highest BCUT2D eigenvalue weighted by Gasteiger charge is 2.42. The Balaban J connectivity index is 1.41. The van der Waals surface area contributed by atoms with E-state index in [9.17, 15) is 4.79 Å². The van der Waals surface area contributed by atoms with Crippen molar-refractivity contribution < 1.29 is 14.3 Å². The van der Waals surface area contributed by atoms with Crippen LogP contribution in [-0.2, 0) is 20.7 Å². The van der Waals surface area contributed by atoms with Gasteiger partial charge in [0, 0.05) is 29.5 Å². The van der Waals surface area contributed by atoms with Crippen LogP contribution in [0.2, 0.25) is 0 Å².